The Morgan fingerprint density at radius 1 is 0.500 bits per heavy atom. The van der Waals surface area contributed by atoms with Gasteiger partial charge in [-0.1, -0.05) is 54.6 Å². The number of benzene rings is 5. The Morgan fingerprint density at radius 2 is 0.938 bits per heavy atom. The average Bonchev–Trinajstić information content (AvgIpc) is 3.11. The van der Waals surface area contributed by atoms with Crippen LogP contribution in [0.3, 0.4) is 0 Å². The third kappa shape index (κ3) is 9.39. The SMILES string of the molecule is COc1cccc(N(c2ccccc2)c2cccc(N(c3ccccc3)c3cccc(OC(=O)OCCCCCCOC(C)=O)c3)c2)c1. The standard InChI is InChI=1S/C40H40N2O6/c1-31(43)46-26-11-3-4-12-27-47-40(44)48-39-25-15-23-37(30-39)42(33-18-9-6-10-19-33)35-21-13-20-34(28-35)41(32-16-7-5-8-17-32)36-22-14-24-38(29-36)45-2/h5-10,13-25,28-30H,3-4,11-12,26-27H2,1-2H3. The fraction of sp³-hybridized carbons (Fsp3) is 0.200. The molecule has 0 N–H and O–H groups in total. The summed E-state index contributed by atoms with van der Waals surface area (Å²) in [6.45, 7) is 2.06. The second kappa shape index (κ2) is 17.2. The summed E-state index contributed by atoms with van der Waals surface area (Å²) < 4.78 is 21.4. The van der Waals surface area contributed by atoms with Crippen LogP contribution in [-0.4, -0.2) is 32.4 Å². The Bertz CT molecular complexity index is 1760. The highest BCUT2D eigenvalue weighted by atomic mass is 16.7. The molecular formula is C40H40N2O6. The lowest BCUT2D eigenvalue weighted by Gasteiger charge is -2.29. The maximum Gasteiger partial charge on any atom is 0.513 e. The van der Waals surface area contributed by atoms with Crippen LogP contribution in [0.4, 0.5) is 38.9 Å². The van der Waals surface area contributed by atoms with Gasteiger partial charge in [-0.25, -0.2) is 4.79 Å². The number of esters is 1. The van der Waals surface area contributed by atoms with Gasteiger partial charge in [-0.15, -0.1) is 0 Å². The number of methoxy groups -OCH3 is 1. The number of rotatable bonds is 15. The van der Waals surface area contributed by atoms with E-state index in [0.717, 1.165) is 59.1 Å². The summed E-state index contributed by atoms with van der Waals surface area (Å²) in [5.74, 6) is 0.866. The maximum absolute atomic E-state index is 12.5. The molecule has 0 heterocycles. The number of carbonyl (C=O) groups excluding carboxylic acids is 2. The van der Waals surface area contributed by atoms with Gasteiger partial charge >= 0.3 is 12.1 Å². The van der Waals surface area contributed by atoms with Gasteiger partial charge in [0.15, 0.2) is 0 Å². The number of ether oxygens (including phenoxy) is 4. The minimum atomic E-state index is -0.753. The molecule has 0 atom stereocenters. The molecule has 8 heteroatoms. The fourth-order valence-electron chi connectivity index (χ4n) is 5.31. The molecule has 5 aromatic rings. The molecule has 0 spiro atoms. The fourth-order valence-corrected chi connectivity index (χ4v) is 5.31. The van der Waals surface area contributed by atoms with Crippen molar-refractivity contribution in [1.82, 2.24) is 0 Å². The normalized spacial score (nSPS) is 10.5. The summed E-state index contributed by atoms with van der Waals surface area (Å²) in [6.07, 6.45) is 2.46. The zero-order chi connectivity index (χ0) is 33.6. The first-order valence-corrected chi connectivity index (χ1v) is 16.0. The monoisotopic (exact) mass is 644 g/mol. The van der Waals surface area contributed by atoms with Gasteiger partial charge in [-0.05, 0) is 92.4 Å². The molecule has 0 fully saturated rings. The summed E-state index contributed by atoms with van der Waals surface area (Å²) in [5, 5.41) is 0. The minimum absolute atomic E-state index is 0.250. The van der Waals surface area contributed by atoms with Crippen molar-refractivity contribution < 1.29 is 28.5 Å². The van der Waals surface area contributed by atoms with E-state index in [1.807, 2.05) is 91.0 Å². The number of nitrogens with zero attached hydrogens (tertiary/aromatic N) is 2. The summed E-state index contributed by atoms with van der Waals surface area (Å²) in [7, 11) is 1.67. The lowest BCUT2D eigenvalue weighted by molar-refractivity contribution is -0.141. The average molecular weight is 645 g/mol. The number of unbranched alkanes of at least 4 members (excludes halogenated alkanes) is 3. The van der Waals surface area contributed by atoms with E-state index >= 15 is 0 Å². The highest BCUT2D eigenvalue weighted by Crippen LogP contribution is 2.41. The van der Waals surface area contributed by atoms with E-state index in [-0.39, 0.29) is 12.6 Å². The van der Waals surface area contributed by atoms with Crippen LogP contribution in [0, 0.1) is 0 Å². The quantitative estimate of drug-likeness (QED) is 0.0633. The number of anilines is 6. The van der Waals surface area contributed by atoms with Crippen molar-refractivity contribution in [3.05, 3.63) is 133 Å². The molecule has 0 radical (unpaired) electrons. The first-order valence-electron chi connectivity index (χ1n) is 16.0. The topological polar surface area (TPSA) is 77.5 Å². The van der Waals surface area contributed by atoms with Crippen molar-refractivity contribution >= 4 is 46.2 Å². The molecule has 0 aromatic heterocycles. The molecule has 0 saturated heterocycles. The molecule has 246 valence electrons. The van der Waals surface area contributed by atoms with E-state index in [0.29, 0.717) is 18.8 Å². The van der Waals surface area contributed by atoms with Gasteiger partial charge in [0.05, 0.1) is 20.3 Å². The third-order valence-corrected chi connectivity index (χ3v) is 7.53. The first kappa shape index (κ1) is 33.6. The van der Waals surface area contributed by atoms with E-state index in [1.165, 1.54) is 6.92 Å². The van der Waals surface area contributed by atoms with Gasteiger partial charge in [0.1, 0.15) is 11.5 Å². The van der Waals surface area contributed by atoms with E-state index in [1.54, 1.807) is 13.2 Å². The van der Waals surface area contributed by atoms with Gasteiger partial charge in [-0.3, -0.25) is 4.79 Å². The van der Waals surface area contributed by atoms with Crippen LogP contribution in [0.25, 0.3) is 0 Å². The van der Waals surface area contributed by atoms with Crippen molar-refractivity contribution in [2.45, 2.75) is 32.6 Å². The van der Waals surface area contributed by atoms with Crippen molar-refractivity contribution in [3.8, 4) is 11.5 Å². The molecule has 0 aliphatic rings. The van der Waals surface area contributed by atoms with Gasteiger partial charge in [-0.2, -0.15) is 0 Å². The third-order valence-electron chi connectivity index (χ3n) is 7.53. The number of carbonyl (C=O) groups is 2. The molecular weight excluding hydrogens is 604 g/mol. The van der Waals surface area contributed by atoms with Gasteiger partial charge in [0, 0.05) is 53.2 Å². The molecule has 5 aromatic carbocycles. The highest BCUT2D eigenvalue weighted by molar-refractivity contribution is 5.83. The molecule has 5 rings (SSSR count). The Labute approximate surface area is 282 Å². The molecule has 8 nitrogen and oxygen atoms in total. The molecule has 0 unspecified atom stereocenters. The van der Waals surface area contributed by atoms with E-state index < -0.39 is 6.16 Å². The molecule has 0 amide bonds. The van der Waals surface area contributed by atoms with Crippen molar-refractivity contribution in [1.29, 1.82) is 0 Å². The number of hydrogen-bond donors (Lipinski definition) is 0. The lowest BCUT2D eigenvalue weighted by Crippen LogP contribution is -2.14. The van der Waals surface area contributed by atoms with Crippen LogP contribution in [0.5, 0.6) is 11.5 Å². The Kier molecular flexibility index (Phi) is 12.1. The van der Waals surface area contributed by atoms with Gasteiger partial charge in [0.25, 0.3) is 0 Å². The van der Waals surface area contributed by atoms with Crippen LogP contribution < -0.4 is 19.3 Å². The Balaban J connectivity index is 1.37. The maximum atomic E-state index is 12.5. The van der Waals surface area contributed by atoms with E-state index in [2.05, 4.69) is 46.2 Å². The molecule has 0 saturated carbocycles. The van der Waals surface area contributed by atoms with Crippen LogP contribution >= 0.6 is 0 Å². The molecule has 48 heavy (non-hydrogen) atoms. The zero-order valence-corrected chi connectivity index (χ0v) is 27.3. The second-order valence-electron chi connectivity index (χ2n) is 11.0. The van der Waals surface area contributed by atoms with Gasteiger partial charge in [0.2, 0.25) is 0 Å². The smallest absolute Gasteiger partial charge is 0.497 e. The van der Waals surface area contributed by atoms with Crippen molar-refractivity contribution in [2.24, 2.45) is 0 Å². The lowest BCUT2D eigenvalue weighted by atomic mass is 10.1. The zero-order valence-electron chi connectivity index (χ0n) is 27.3. The van der Waals surface area contributed by atoms with Crippen LogP contribution in [-0.2, 0) is 14.3 Å². The Hall–Kier alpha value is -5.76. The van der Waals surface area contributed by atoms with E-state index in [4.69, 9.17) is 18.9 Å². The molecule has 0 bridgehead atoms. The second-order valence-corrected chi connectivity index (χ2v) is 11.0. The van der Waals surface area contributed by atoms with Crippen LogP contribution in [0.1, 0.15) is 32.6 Å². The van der Waals surface area contributed by atoms with Crippen molar-refractivity contribution in [2.75, 3.05) is 30.1 Å². The predicted octanol–water partition coefficient (Wildman–Crippen LogP) is 10.3. The summed E-state index contributed by atoms with van der Waals surface area (Å²) in [4.78, 5) is 27.7. The minimum Gasteiger partial charge on any atom is -0.497 e. The van der Waals surface area contributed by atoms with Gasteiger partial charge < -0.3 is 28.7 Å². The summed E-state index contributed by atoms with van der Waals surface area (Å²) in [5.41, 5.74) is 5.58. The predicted molar refractivity (Wildman–Crippen MR) is 189 cm³/mol. The van der Waals surface area contributed by atoms with Crippen LogP contribution in [0.15, 0.2) is 133 Å². The van der Waals surface area contributed by atoms with E-state index in [9.17, 15) is 9.59 Å². The van der Waals surface area contributed by atoms with Crippen LogP contribution in [0.2, 0.25) is 0 Å². The van der Waals surface area contributed by atoms with Crippen molar-refractivity contribution in [3.63, 3.8) is 0 Å². The number of para-hydroxylation sites is 2. The molecule has 0 aliphatic heterocycles. The number of hydrogen-bond acceptors (Lipinski definition) is 8. The first-order chi connectivity index (χ1) is 23.5. The summed E-state index contributed by atoms with van der Waals surface area (Å²) in [6, 6.07) is 43.9. The Morgan fingerprint density at radius 3 is 1.46 bits per heavy atom. The molecule has 0 aliphatic carbocycles. The summed E-state index contributed by atoms with van der Waals surface area (Å²) >= 11 is 0. The largest absolute Gasteiger partial charge is 0.513 e. The highest BCUT2D eigenvalue weighted by Gasteiger charge is 2.18.